The van der Waals surface area contributed by atoms with Crippen molar-refractivity contribution >= 4 is 34.2 Å². The number of morpholine rings is 1. The van der Waals surface area contributed by atoms with Gasteiger partial charge in [-0.1, -0.05) is 15.9 Å². The predicted octanol–water partition coefficient (Wildman–Crippen LogP) is 2.00. The molecule has 0 spiro atoms. The summed E-state index contributed by atoms with van der Waals surface area (Å²) in [7, 11) is 0. The normalized spacial score (nSPS) is 21.9. The highest BCUT2D eigenvalue weighted by Crippen LogP contribution is 2.17. The number of carbonyl (C=O) groups is 1. The zero-order valence-corrected chi connectivity index (χ0v) is 13.4. The summed E-state index contributed by atoms with van der Waals surface area (Å²) in [5.41, 5.74) is 0.706. The van der Waals surface area contributed by atoms with Gasteiger partial charge in [0.2, 0.25) is 5.91 Å². The molecule has 4 nitrogen and oxygen atoms in total. The van der Waals surface area contributed by atoms with E-state index in [0.29, 0.717) is 18.7 Å². The van der Waals surface area contributed by atoms with Crippen molar-refractivity contribution < 1.29 is 13.9 Å². The molecule has 1 aliphatic heterocycles. The molecular formula is C13H17BrClFN2O2. The highest BCUT2D eigenvalue weighted by Gasteiger charge is 2.27. The van der Waals surface area contributed by atoms with Gasteiger partial charge in [-0.05, 0) is 30.7 Å². The molecule has 1 aliphatic rings. The lowest BCUT2D eigenvalue weighted by Crippen LogP contribution is -2.55. The number of amides is 1. The molecule has 20 heavy (non-hydrogen) atoms. The fraction of sp³-hybridized carbons (Fsp3) is 0.462. The van der Waals surface area contributed by atoms with Crippen molar-refractivity contribution in [3.63, 3.8) is 0 Å². The minimum absolute atomic E-state index is 0. The molecule has 0 bridgehead atoms. The lowest BCUT2D eigenvalue weighted by Gasteiger charge is -2.29. The summed E-state index contributed by atoms with van der Waals surface area (Å²) in [5.74, 6) is -0.455. The molecule has 0 unspecified atom stereocenters. The molecule has 112 valence electrons. The number of ether oxygens (including phenoxy) is 1. The Balaban J connectivity index is 0.00000200. The van der Waals surface area contributed by atoms with Gasteiger partial charge in [-0.3, -0.25) is 4.79 Å². The Kier molecular flexibility index (Phi) is 6.88. The van der Waals surface area contributed by atoms with Crippen LogP contribution in [-0.4, -0.2) is 31.2 Å². The summed E-state index contributed by atoms with van der Waals surface area (Å²) < 4.78 is 19.3. The van der Waals surface area contributed by atoms with E-state index in [0.717, 1.165) is 4.47 Å². The van der Waals surface area contributed by atoms with Crippen molar-refractivity contribution in [2.24, 2.45) is 0 Å². The number of hydrogen-bond acceptors (Lipinski definition) is 3. The predicted molar refractivity (Wildman–Crippen MR) is 80.4 cm³/mol. The standard InChI is InChI=1S/C13H16BrFN2O2.ClH/c1-8-12(16-4-5-19-8)13(18)17-7-9-6-10(15)2-3-11(9)14;/h2-3,6,8,12,16H,4-5,7H2,1H3,(H,17,18);1H/t8-,12+;/m1./s1. The van der Waals surface area contributed by atoms with Crippen molar-refractivity contribution in [1.82, 2.24) is 10.6 Å². The van der Waals surface area contributed by atoms with E-state index in [4.69, 9.17) is 4.74 Å². The molecule has 0 saturated carbocycles. The number of carbonyl (C=O) groups excluding carboxylic acids is 1. The van der Waals surface area contributed by atoms with Gasteiger partial charge in [0.15, 0.2) is 0 Å². The lowest BCUT2D eigenvalue weighted by atomic mass is 10.1. The van der Waals surface area contributed by atoms with Crippen LogP contribution in [0.15, 0.2) is 22.7 Å². The van der Waals surface area contributed by atoms with Crippen molar-refractivity contribution in [2.45, 2.75) is 25.6 Å². The van der Waals surface area contributed by atoms with Crippen LogP contribution >= 0.6 is 28.3 Å². The third kappa shape index (κ3) is 4.41. The Hall–Kier alpha value is -0.690. The minimum atomic E-state index is -0.360. The molecule has 7 heteroatoms. The minimum Gasteiger partial charge on any atom is -0.375 e. The molecule has 1 amide bonds. The van der Waals surface area contributed by atoms with Crippen LogP contribution in [0.1, 0.15) is 12.5 Å². The van der Waals surface area contributed by atoms with E-state index in [-0.39, 0.29) is 42.8 Å². The van der Waals surface area contributed by atoms with E-state index in [1.807, 2.05) is 6.92 Å². The van der Waals surface area contributed by atoms with Crippen LogP contribution in [0.25, 0.3) is 0 Å². The second kappa shape index (κ2) is 7.93. The molecule has 1 saturated heterocycles. The first kappa shape index (κ1) is 17.4. The van der Waals surface area contributed by atoms with Gasteiger partial charge in [0, 0.05) is 17.6 Å². The van der Waals surface area contributed by atoms with Crippen LogP contribution in [0.5, 0.6) is 0 Å². The van der Waals surface area contributed by atoms with E-state index in [1.165, 1.54) is 12.1 Å². The summed E-state index contributed by atoms with van der Waals surface area (Å²) in [6, 6.07) is 4.04. The molecule has 0 radical (unpaired) electrons. The Morgan fingerprint density at radius 1 is 1.60 bits per heavy atom. The van der Waals surface area contributed by atoms with Crippen molar-refractivity contribution in [2.75, 3.05) is 13.2 Å². The van der Waals surface area contributed by atoms with Crippen molar-refractivity contribution in [3.8, 4) is 0 Å². The van der Waals surface area contributed by atoms with E-state index in [9.17, 15) is 9.18 Å². The summed E-state index contributed by atoms with van der Waals surface area (Å²) in [4.78, 5) is 12.0. The quantitative estimate of drug-likeness (QED) is 0.859. The molecule has 0 aromatic heterocycles. The zero-order chi connectivity index (χ0) is 13.8. The SMILES string of the molecule is C[C@H]1OCCN[C@@H]1C(=O)NCc1cc(F)ccc1Br.Cl. The zero-order valence-electron chi connectivity index (χ0n) is 11.0. The van der Waals surface area contributed by atoms with Crippen molar-refractivity contribution in [3.05, 3.63) is 34.1 Å². The van der Waals surface area contributed by atoms with Gasteiger partial charge in [-0.2, -0.15) is 0 Å². The highest BCUT2D eigenvalue weighted by atomic mass is 79.9. The summed E-state index contributed by atoms with van der Waals surface area (Å²) in [6.45, 7) is 3.41. The molecule has 0 aliphatic carbocycles. The molecule has 1 aromatic rings. The van der Waals surface area contributed by atoms with Crippen LogP contribution in [0.2, 0.25) is 0 Å². The average molecular weight is 368 g/mol. The molecule has 2 rings (SSSR count). The summed E-state index contributed by atoms with van der Waals surface area (Å²) >= 11 is 3.33. The Labute approximate surface area is 132 Å². The Bertz CT molecular complexity index is 476. The number of rotatable bonds is 3. The molecule has 1 aromatic carbocycles. The third-order valence-corrected chi connectivity index (χ3v) is 3.83. The van der Waals surface area contributed by atoms with E-state index < -0.39 is 0 Å². The molecule has 2 N–H and O–H groups in total. The number of halogens is 3. The first-order valence-electron chi connectivity index (χ1n) is 6.14. The third-order valence-electron chi connectivity index (χ3n) is 3.06. The number of nitrogens with one attached hydrogen (secondary N) is 2. The van der Waals surface area contributed by atoms with Crippen LogP contribution in [0.4, 0.5) is 4.39 Å². The number of hydrogen-bond donors (Lipinski definition) is 2. The summed E-state index contributed by atoms with van der Waals surface area (Å²) in [6.07, 6.45) is -0.162. The van der Waals surface area contributed by atoms with Gasteiger partial charge in [-0.25, -0.2) is 4.39 Å². The number of benzene rings is 1. The Morgan fingerprint density at radius 3 is 3.05 bits per heavy atom. The molecular weight excluding hydrogens is 351 g/mol. The molecule has 1 fully saturated rings. The molecule has 1 heterocycles. The van der Waals surface area contributed by atoms with Gasteiger partial charge in [0.05, 0.1) is 12.7 Å². The van der Waals surface area contributed by atoms with Crippen LogP contribution < -0.4 is 10.6 Å². The van der Waals surface area contributed by atoms with Crippen molar-refractivity contribution in [1.29, 1.82) is 0 Å². The lowest BCUT2D eigenvalue weighted by molar-refractivity contribution is -0.129. The average Bonchev–Trinajstić information content (AvgIpc) is 2.40. The monoisotopic (exact) mass is 366 g/mol. The maximum atomic E-state index is 13.1. The highest BCUT2D eigenvalue weighted by molar-refractivity contribution is 9.10. The topological polar surface area (TPSA) is 50.4 Å². The van der Waals surface area contributed by atoms with Gasteiger partial charge in [0.1, 0.15) is 11.9 Å². The fourth-order valence-corrected chi connectivity index (χ4v) is 2.39. The Morgan fingerprint density at radius 2 is 2.35 bits per heavy atom. The van der Waals surface area contributed by atoms with Crippen LogP contribution in [0, 0.1) is 5.82 Å². The first-order valence-corrected chi connectivity index (χ1v) is 6.94. The van der Waals surface area contributed by atoms with Crippen LogP contribution in [-0.2, 0) is 16.1 Å². The maximum Gasteiger partial charge on any atom is 0.240 e. The maximum absolute atomic E-state index is 13.1. The summed E-state index contributed by atoms with van der Waals surface area (Å²) in [5, 5.41) is 5.90. The molecule has 2 atom stereocenters. The van der Waals surface area contributed by atoms with E-state index in [1.54, 1.807) is 6.07 Å². The van der Waals surface area contributed by atoms with Gasteiger partial charge in [0.25, 0.3) is 0 Å². The second-order valence-corrected chi connectivity index (χ2v) is 5.32. The second-order valence-electron chi connectivity index (χ2n) is 4.46. The van der Waals surface area contributed by atoms with Gasteiger partial charge >= 0.3 is 0 Å². The van der Waals surface area contributed by atoms with E-state index >= 15 is 0 Å². The van der Waals surface area contributed by atoms with E-state index in [2.05, 4.69) is 26.6 Å². The van der Waals surface area contributed by atoms with Gasteiger partial charge < -0.3 is 15.4 Å². The van der Waals surface area contributed by atoms with Gasteiger partial charge in [-0.15, -0.1) is 12.4 Å². The largest absolute Gasteiger partial charge is 0.375 e. The van der Waals surface area contributed by atoms with Crippen LogP contribution in [0.3, 0.4) is 0 Å². The smallest absolute Gasteiger partial charge is 0.240 e. The first-order chi connectivity index (χ1) is 9.08. The fourth-order valence-electron chi connectivity index (χ4n) is 2.00.